The fourth-order valence-corrected chi connectivity index (χ4v) is 3.56. The Morgan fingerprint density at radius 3 is 2.35 bits per heavy atom. The summed E-state index contributed by atoms with van der Waals surface area (Å²) in [6.45, 7) is 10.9. The molecular formula is C21H24N2. The zero-order valence-electron chi connectivity index (χ0n) is 14.7. The molecule has 0 fully saturated rings. The Bertz CT molecular complexity index is 787. The third-order valence-electron chi connectivity index (χ3n) is 4.82. The number of aromatic nitrogens is 1. The Morgan fingerprint density at radius 2 is 1.78 bits per heavy atom. The molecule has 2 heteroatoms. The summed E-state index contributed by atoms with van der Waals surface area (Å²) in [5.74, 6) is 0. The molecule has 2 aromatic rings. The van der Waals surface area contributed by atoms with Crippen LogP contribution >= 0.6 is 0 Å². The zero-order chi connectivity index (χ0) is 16.8. The molecule has 1 heterocycles. The summed E-state index contributed by atoms with van der Waals surface area (Å²) in [6, 6.07) is 12.8. The highest BCUT2D eigenvalue weighted by Crippen LogP contribution is 2.45. The molecule has 0 unspecified atom stereocenters. The largest absolute Gasteiger partial charge is 0.255 e. The molecule has 1 aliphatic rings. The standard InChI is InChI=1S/C21H24N2/c1-20(2,3)18-16(13-22)17(14-9-7-6-8-10-14)15-11-12-21(4,5)19(15)23-18/h6-10H,11-12H2,1-5H3. The van der Waals surface area contributed by atoms with Crippen LogP contribution in [0.1, 0.15) is 63.6 Å². The maximum atomic E-state index is 9.90. The molecule has 0 spiro atoms. The second kappa shape index (κ2) is 5.20. The molecule has 118 valence electrons. The lowest BCUT2D eigenvalue weighted by molar-refractivity contribution is 0.497. The van der Waals surface area contributed by atoms with Crippen LogP contribution in [0.15, 0.2) is 30.3 Å². The van der Waals surface area contributed by atoms with E-state index < -0.39 is 0 Å². The minimum absolute atomic E-state index is 0.0762. The number of nitrogens with zero attached hydrogens (tertiary/aromatic N) is 2. The fraction of sp³-hybridized carbons (Fsp3) is 0.429. The highest BCUT2D eigenvalue weighted by molar-refractivity contribution is 5.77. The monoisotopic (exact) mass is 304 g/mol. The van der Waals surface area contributed by atoms with Crippen LogP contribution < -0.4 is 0 Å². The van der Waals surface area contributed by atoms with Crippen LogP contribution in [0.4, 0.5) is 0 Å². The number of hydrogen-bond acceptors (Lipinski definition) is 2. The van der Waals surface area contributed by atoms with Gasteiger partial charge in [-0.25, -0.2) is 0 Å². The van der Waals surface area contributed by atoms with Crippen LogP contribution in [0.2, 0.25) is 0 Å². The molecule has 1 aromatic carbocycles. The van der Waals surface area contributed by atoms with Crippen molar-refractivity contribution in [3.8, 4) is 17.2 Å². The van der Waals surface area contributed by atoms with E-state index in [1.54, 1.807) is 0 Å². The Kier molecular flexibility index (Phi) is 3.56. The van der Waals surface area contributed by atoms with E-state index in [9.17, 15) is 5.26 Å². The summed E-state index contributed by atoms with van der Waals surface area (Å²) >= 11 is 0. The number of hydrogen-bond donors (Lipinski definition) is 0. The normalized spacial score (nSPS) is 16.0. The van der Waals surface area contributed by atoms with Gasteiger partial charge in [-0.05, 0) is 24.0 Å². The van der Waals surface area contributed by atoms with Gasteiger partial charge in [0.05, 0.1) is 17.0 Å². The van der Waals surface area contributed by atoms with Crippen LogP contribution in [-0.4, -0.2) is 4.98 Å². The summed E-state index contributed by atoms with van der Waals surface area (Å²) < 4.78 is 0. The maximum Gasteiger partial charge on any atom is 0.102 e. The zero-order valence-corrected chi connectivity index (χ0v) is 14.7. The van der Waals surface area contributed by atoms with Gasteiger partial charge >= 0.3 is 0 Å². The molecule has 0 aliphatic heterocycles. The summed E-state index contributed by atoms with van der Waals surface area (Å²) in [5, 5.41) is 9.90. The molecule has 0 saturated heterocycles. The molecule has 1 aromatic heterocycles. The third kappa shape index (κ3) is 2.55. The van der Waals surface area contributed by atoms with E-state index in [-0.39, 0.29) is 10.8 Å². The van der Waals surface area contributed by atoms with Crippen molar-refractivity contribution in [2.45, 2.75) is 58.3 Å². The van der Waals surface area contributed by atoms with E-state index in [1.165, 1.54) is 11.3 Å². The minimum atomic E-state index is -0.151. The van der Waals surface area contributed by atoms with Gasteiger partial charge < -0.3 is 0 Å². The minimum Gasteiger partial charge on any atom is -0.255 e. The number of fused-ring (bicyclic) bond motifs is 1. The van der Waals surface area contributed by atoms with Gasteiger partial charge in [0, 0.05) is 16.4 Å². The van der Waals surface area contributed by atoms with Crippen LogP contribution in [0.5, 0.6) is 0 Å². The van der Waals surface area contributed by atoms with E-state index >= 15 is 0 Å². The molecule has 2 nitrogen and oxygen atoms in total. The van der Waals surface area contributed by atoms with E-state index in [0.29, 0.717) is 0 Å². The van der Waals surface area contributed by atoms with Crippen molar-refractivity contribution in [2.75, 3.05) is 0 Å². The van der Waals surface area contributed by atoms with E-state index in [2.05, 4.69) is 52.8 Å². The van der Waals surface area contributed by atoms with Gasteiger partial charge in [-0.15, -0.1) is 0 Å². The quantitative estimate of drug-likeness (QED) is 0.731. The lowest BCUT2D eigenvalue weighted by atomic mass is 9.82. The van der Waals surface area contributed by atoms with Crippen molar-refractivity contribution < 1.29 is 0 Å². The van der Waals surface area contributed by atoms with Gasteiger partial charge in [-0.3, -0.25) is 4.98 Å². The summed E-state index contributed by atoms with van der Waals surface area (Å²) in [7, 11) is 0. The van der Waals surface area contributed by atoms with Gasteiger partial charge in [0.1, 0.15) is 6.07 Å². The fourth-order valence-electron chi connectivity index (χ4n) is 3.56. The van der Waals surface area contributed by atoms with Gasteiger partial charge in [-0.2, -0.15) is 5.26 Å². The van der Waals surface area contributed by atoms with E-state index in [1.807, 2.05) is 18.2 Å². The lowest BCUT2D eigenvalue weighted by Crippen LogP contribution is -2.22. The topological polar surface area (TPSA) is 36.7 Å². The second-order valence-corrected chi connectivity index (χ2v) is 8.15. The Morgan fingerprint density at radius 1 is 1.13 bits per heavy atom. The average Bonchev–Trinajstić information content (AvgIpc) is 2.80. The predicted octanol–water partition coefficient (Wildman–Crippen LogP) is 5.14. The van der Waals surface area contributed by atoms with Crippen molar-refractivity contribution in [3.05, 3.63) is 52.8 Å². The first kappa shape index (κ1) is 15.7. The first-order valence-electron chi connectivity index (χ1n) is 8.29. The number of benzene rings is 1. The van der Waals surface area contributed by atoms with Crippen LogP contribution in [0.25, 0.3) is 11.1 Å². The molecule has 0 saturated carbocycles. The molecule has 0 radical (unpaired) electrons. The molecule has 0 bridgehead atoms. The van der Waals surface area contributed by atoms with Crippen molar-refractivity contribution >= 4 is 0 Å². The van der Waals surface area contributed by atoms with Gasteiger partial charge in [-0.1, -0.05) is 65.0 Å². The molecule has 23 heavy (non-hydrogen) atoms. The third-order valence-corrected chi connectivity index (χ3v) is 4.82. The number of nitriles is 1. The van der Waals surface area contributed by atoms with E-state index in [0.717, 1.165) is 35.2 Å². The van der Waals surface area contributed by atoms with Gasteiger partial charge in [0.15, 0.2) is 0 Å². The second-order valence-electron chi connectivity index (χ2n) is 8.15. The summed E-state index contributed by atoms with van der Waals surface area (Å²) in [4.78, 5) is 5.01. The lowest BCUT2D eigenvalue weighted by Gasteiger charge is -2.26. The van der Waals surface area contributed by atoms with Crippen LogP contribution in [0.3, 0.4) is 0 Å². The van der Waals surface area contributed by atoms with Gasteiger partial charge in [0.2, 0.25) is 0 Å². The van der Waals surface area contributed by atoms with Crippen molar-refractivity contribution in [1.29, 1.82) is 5.26 Å². The van der Waals surface area contributed by atoms with Gasteiger partial charge in [0.25, 0.3) is 0 Å². The molecule has 3 rings (SSSR count). The molecule has 0 amide bonds. The summed E-state index contributed by atoms with van der Waals surface area (Å²) in [6.07, 6.45) is 2.09. The average molecular weight is 304 g/mol. The Balaban J connectivity index is 2.43. The van der Waals surface area contributed by atoms with Crippen molar-refractivity contribution in [2.24, 2.45) is 0 Å². The van der Waals surface area contributed by atoms with Crippen molar-refractivity contribution in [1.82, 2.24) is 4.98 Å². The highest BCUT2D eigenvalue weighted by Gasteiger charge is 2.37. The van der Waals surface area contributed by atoms with Crippen molar-refractivity contribution in [3.63, 3.8) is 0 Å². The highest BCUT2D eigenvalue weighted by atomic mass is 14.8. The molecule has 1 aliphatic carbocycles. The van der Waals surface area contributed by atoms with Crippen LogP contribution in [0, 0.1) is 11.3 Å². The Hall–Kier alpha value is -2.14. The van der Waals surface area contributed by atoms with Crippen LogP contribution in [-0.2, 0) is 17.3 Å². The number of pyridine rings is 1. The summed E-state index contributed by atoms with van der Waals surface area (Å²) in [5.41, 5.74) is 6.29. The molecule has 0 atom stereocenters. The first-order chi connectivity index (χ1) is 10.8. The maximum absolute atomic E-state index is 9.90. The molecule has 0 N–H and O–H groups in total. The Labute approximate surface area is 139 Å². The first-order valence-corrected chi connectivity index (χ1v) is 8.29. The molecular weight excluding hydrogens is 280 g/mol. The smallest absolute Gasteiger partial charge is 0.102 e. The van der Waals surface area contributed by atoms with E-state index in [4.69, 9.17) is 4.98 Å². The SMILES string of the molecule is CC(C)(C)c1nc2c(c(-c3ccccc3)c1C#N)CCC2(C)C. The number of rotatable bonds is 1. The predicted molar refractivity (Wildman–Crippen MR) is 94.4 cm³/mol.